The van der Waals surface area contributed by atoms with Crippen molar-refractivity contribution in [3.8, 4) is 0 Å². The van der Waals surface area contributed by atoms with Crippen LogP contribution >= 0.6 is 22.7 Å². The van der Waals surface area contributed by atoms with E-state index in [1.807, 2.05) is 0 Å². The van der Waals surface area contributed by atoms with E-state index in [0.29, 0.717) is 4.88 Å². The number of aliphatic hydroxyl groups is 1. The van der Waals surface area contributed by atoms with Gasteiger partial charge in [-0.05, 0) is 22.9 Å². The van der Waals surface area contributed by atoms with Crippen molar-refractivity contribution in [3.05, 3.63) is 44.8 Å². The van der Waals surface area contributed by atoms with Crippen molar-refractivity contribution in [1.29, 1.82) is 0 Å². The standard InChI is InChI=1S/C14H11F3N2O3S2/c15-14(16,17)13(22)9(11(20)8-4-2-6-24-8)10(18-12(21)19-13)7-3-1-5-23-7/h1-6,9-10,22H,(H2,18,19,21). The van der Waals surface area contributed by atoms with Gasteiger partial charge in [-0.25, -0.2) is 4.79 Å². The van der Waals surface area contributed by atoms with Gasteiger partial charge < -0.3 is 15.7 Å². The second-order valence-electron chi connectivity index (χ2n) is 5.17. The molecule has 2 amide bonds. The summed E-state index contributed by atoms with van der Waals surface area (Å²) in [5.41, 5.74) is -3.66. The lowest BCUT2D eigenvalue weighted by atomic mass is 9.81. The number of rotatable bonds is 3. The third-order valence-corrected chi connectivity index (χ3v) is 5.54. The molecule has 3 atom stereocenters. The molecule has 0 radical (unpaired) electrons. The van der Waals surface area contributed by atoms with Gasteiger partial charge in [0.1, 0.15) is 5.92 Å². The van der Waals surface area contributed by atoms with Crippen LogP contribution in [0.5, 0.6) is 0 Å². The first-order valence-electron chi connectivity index (χ1n) is 6.73. The molecule has 0 aliphatic carbocycles. The molecule has 24 heavy (non-hydrogen) atoms. The van der Waals surface area contributed by atoms with E-state index in [2.05, 4.69) is 5.32 Å². The van der Waals surface area contributed by atoms with Gasteiger partial charge in [0.25, 0.3) is 0 Å². The number of halogens is 3. The van der Waals surface area contributed by atoms with Gasteiger partial charge in [-0.15, -0.1) is 22.7 Å². The maximum atomic E-state index is 13.5. The fourth-order valence-electron chi connectivity index (χ4n) is 2.62. The number of urea groups is 1. The Morgan fingerprint density at radius 1 is 1.21 bits per heavy atom. The summed E-state index contributed by atoms with van der Waals surface area (Å²) in [5, 5.41) is 17.2. The third kappa shape index (κ3) is 2.70. The summed E-state index contributed by atoms with van der Waals surface area (Å²) in [4.78, 5) is 24.8. The predicted molar refractivity (Wildman–Crippen MR) is 81.9 cm³/mol. The number of carbonyl (C=O) groups is 2. The second-order valence-corrected chi connectivity index (χ2v) is 7.10. The van der Waals surface area contributed by atoms with Crippen LogP contribution in [0.3, 0.4) is 0 Å². The van der Waals surface area contributed by atoms with Crippen molar-refractivity contribution < 1.29 is 27.9 Å². The van der Waals surface area contributed by atoms with Crippen LogP contribution in [-0.2, 0) is 0 Å². The maximum absolute atomic E-state index is 13.5. The van der Waals surface area contributed by atoms with E-state index < -0.39 is 35.7 Å². The average molecular weight is 376 g/mol. The van der Waals surface area contributed by atoms with Gasteiger partial charge in [0.05, 0.1) is 10.9 Å². The van der Waals surface area contributed by atoms with Crippen molar-refractivity contribution >= 4 is 34.5 Å². The number of carbonyl (C=O) groups excluding carboxylic acids is 2. The third-order valence-electron chi connectivity index (χ3n) is 3.70. The van der Waals surface area contributed by atoms with Crippen LogP contribution in [0.15, 0.2) is 35.0 Å². The highest BCUT2D eigenvalue weighted by molar-refractivity contribution is 7.12. The summed E-state index contributed by atoms with van der Waals surface area (Å²) in [7, 11) is 0. The molecular weight excluding hydrogens is 365 g/mol. The molecule has 10 heteroatoms. The Hall–Kier alpha value is -1.91. The molecule has 3 heterocycles. The summed E-state index contributed by atoms with van der Waals surface area (Å²) < 4.78 is 40.6. The molecule has 3 rings (SSSR count). The molecule has 128 valence electrons. The van der Waals surface area contributed by atoms with Gasteiger partial charge >= 0.3 is 12.2 Å². The van der Waals surface area contributed by atoms with Gasteiger partial charge in [0.15, 0.2) is 5.78 Å². The molecule has 1 fully saturated rings. The molecule has 1 saturated heterocycles. The van der Waals surface area contributed by atoms with Crippen molar-refractivity contribution in [1.82, 2.24) is 10.6 Å². The molecule has 1 aliphatic rings. The molecule has 3 unspecified atom stereocenters. The smallest absolute Gasteiger partial charge is 0.363 e. The molecule has 2 aromatic rings. The zero-order chi connectivity index (χ0) is 17.5. The Bertz CT molecular complexity index is 746. The zero-order valence-corrected chi connectivity index (χ0v) is 13.5. The van der Waals surface area contributed by atoms with E-state index in [4.69, 9.17) is 0 Å². The minimum absolute atomic E-state index is 0.0715. The maximum Gasteiger partial charge on any atom is 0.437 e. The van der Waals surface area contributed by atoms with Crippen LogP contribution in [0.1, 0.15) is 20.6 Å². The molecule has 3 N–H and O–H groups in total. The first-order chi connectivity index (χ1) is 11.2. The Morgan fingerprint density at radius 3 is 2.42 bits per heavy atom. The zero-order valence-electron chi connectivity index (χ0n) is 11.8. The summed E-state index contributed by atoms with van der Waals surface area (Å²) in [6.07, 6.45) is -5.22. The molecule has 2 aromatic heterocycles. The Labute approximate surface area is 142 Å². The number of amides is 2. The minimum Gasteiger partial charge on any atom is -0.363 e. The van der Waals surface area contributed by atoms with Crippen molar-refractivity contribution in [3.63, 3.8) is 0 Å². The fraction of sp³-hybridized carbons (Fsp3) is 0.286. The largest absolute Gasteiger partial charge is 0.437 e. The van der Waals surface area contributed by atoms with E-state index in [-0.39, 0.29) is 4.88 Å². The minimum atomic E-state index is -5.22. The van der Waals surface area contributed by atoms with E-state index in [0.717, 1.165) is 22.7 Å². The van der Waals surface area contributed by atoms with Crippen LogP contribution in [0.4, 0.5) is 18.0 Å². The molecule has 5 nitrogen and oxygen atoms in total. The van der Waals surface area contributed by atoms with Crippen LogP contribution < -0.4 is 10.6 Å². The Morgan fingerprint density at radius 2 is 1.88 bits per heavy atom. The van der Waals surface area contributed by atoms with Gasteiger partial charge in [-0.3, -0.25) is 4.79 Å². The summed E-state index contributed by atoms with van der Waals surface area (Å²) in [5.74, 6) is -2.84. The molecule has 0 bridgehead atoms. The van der Waals surface area contributed by atoms with E-state index in [9.17, 15) is 27.9 Å². The van der Waals surface area contributed by atoms with E-state index >= 15 is 0 Å². The van der Waals surface area contributed by atoms with E-state index in [1.165, 1.54) is 23.5 Å². The van der Waals surface area contributed by atoms with Gasteiger partial charge in [0, 0.05) is 4.88 Å². The van der Waals surface area contributed by atoms with Crippen molar-refractivity contribution in [2.45, 2.75) is 17.9 Å². The number of hydrogen-bond donors (Lipinski definition) is 3. The molecule has 0 aromatic carbocycles. The summed E-state index contributed by atoms with van der Waals surface area (Å²) in [6.45, 7) is 0. The highest BCUT2D eigenvalue weighted by Crippen LogP contribution is 2.45. The van der Waals surface area contributed by atoms with Crippen LogP contribution in [-0.4, -0.2) is 28.8 Å². The quantitative estimate of drug-likeness (QED) is 0.721. The van der Waals surface area contributed by atoms with Gasteiger partial charge in [-0.1, -0.05) is 12.1 Å². The number of hydrogen-bond acceptors (Lipinski definition) is 5. The van der Waals surface area contributed by atoms with Gasteiger partial charge in [-0.2, -0.15) is 13.2 Å². The van der Waals surface area contributed by atoms with Gasteiger partial charge in [0.2, 0.25) is 5.72 Å². The SMILES string of the molecule is O=C1NC(c2cccs2)C(C(=O)c2cccs2)C(O)(C(F)(F)F)N1. The normalized spacial score (nSPS) is 27.4. The number of Topliss-reactive ketones (excluding diaryl/α,β-unsaturated/α-hetero) is 1. The lowest BCUT2D eigenvalue weighted by molar-refractivity contribution is -0.287. The number of alkyl halides is 3. The summed E-state index contributed by atoms with van der Waals surface area (Å²) in [6, 6.07) is 3.52. The molecule has 0 saturated carbocycles. The van der Waals surface area contributed by atoms with Crippen LogP contribution in [0, 0.1) is 5.92 Å². The van der Waals surface area contributed by atoms with Crippen molar-refractivity contribution in [2.24, 2.45) is 5.92 Å². The number of thiophene rings is 2. The lowest BCUT2D eigenvalue weighted by Gasteiger charge is -2.44. The van der Waals surface area contributed by atoms with Crippen LogP contribution in [0.2, 0.25) is 0 Å². The average Bonchev–Trinajstić information content (AvgIpc) is 3.18. The highest BCUT2D eigenvalue weighted by Gasteiger charge is 2.66. The first-order valence-corrected chi connectivity index (χ1v) is 8.49. The van der Waals surface area contributed by atoms with Crippen molar-refractivity contribution in [2.75, 3.05) is 0 Å². The second kappa shape index (κ2) is 5.87. The monoisotopic (exact) mass is 376 g/mol. The highest BCUT2D eigenvalue weighted by atomic mass is 32.1. The molecule has 1 aliphatic heterocycles. The number of nitrogens with one attached hydrogen (secondary N) is 2. The lowest BCUT2D eigenvalue weighted by Crippen LogP contribution is -2.72. The Kier molecular flexibility index (Phi) is 4.14. The Balaban J connectivity index is 2.13. The molecular formula is C14H11F3N2O3S2. The topological polar surface area (TPSA) is 78.4 Å². The summed E-state index contributed by atoms with van der Waals surface area (Å²) >= 11 is 2.06. The predicted octanol–water partition coefficient (Wildman–Crippen LogP) is 2.91. The van der Waals surface area contributed by atoms with E-state index in [1.54, 1.807) is 16.8 Å². The van der Waals surface area contributed by atoms with Crippen LogP contribution in [0.25, 0.3) is 0 Å². The molecule has 0 spiro atoms. The fourth-order valence-corrected chi connectivity index (χ4v) is 4.13. The first kappa shape index (κ1) is 16.9. The number of ketones is 1.